The Morgan fingerprint density at radius 2 is 1.89 bits per heavy atom. The molecule has 1 unspecified atom stereocenters. The molecule has 3 aromatic rings. The Kier molecular flexibility index (Phi) is 7.50. The van der Waals surface area contributed by atoms with Crippen LogP contribution in [0.5, 0.6) is 0 Å². The molecule has 6 heteroatoms. The molecule has 3 nitrogen and oxygen atoms in total. The molecule has 0 radical (unpaired) electrons. The van der Waals surface area contributed by atoms with E-state index in [-0.39, 0.29) is 0 Å². The third-order valence-corrected chi connectivity index (χ3v) is 6.33. The van der Waals surface area contributed by atoms with Gasteiger partial charge in [0.25, 0.3) is 0 Å². The van der Waals surface area contributed by atoms with Crippen LogP contribution in [0.25, 0.3) is 0 Å². The van der Waals surface area contributed by atoms with Gasteiger partial charge in [0.05, 0.1) is 6.33 Å². The van der Waals surface area contributed by atoms with Crippen molar-refractivity contribution >= 4 is 40.7 Å². The second-order valence-corrected chi connectivity index (χ2v) is 8.77. The van der Waals surface area contributed by atoms with Crippen LogP contribution in [0.2, 0.25) is 10.0 Å². The first-order valence-electron chi connectivity index (χ1n) is 8.96. The summed E-state index contributed by atoms with van der Waals surface area (Å²) < 4.78 is 2.14. The first-order chi connectivity index (χ1) is 13.1. The Hall–Kier alpha value is -1.62. The molecule has 0 aliphatic heterocycles. The second kappa shape index (κ2) is 10.1. The van der Waals surface area contributed by atoms with Gasteiger partial charge in [0.15, 0.2) is 0 Å². The van der Waals surface area contributed by atoms with E-state index >= 15 is 0 Å². The van der Waals surface area contributed by atoms with E-state index in [1.807, 2.05) is 60.8 Å². The number of benzene rings is 2. The SMILES string of the molecule is Nc1ccc(CCSC(CCc2ccc(Cl)cc2Cl)Cn2ccnc2)cc1. The molecule has 0 amide bonds. The highest BCUT2D eigenvalue weighted by molar-refractivity contribution is 7.99. The molecular weight excluding hydrogens is 397 g/mol. The summed E-state index contributed by atoms with van der Waals surface area (Å²) in [4.78, 5) is 4.16. The molecule has 1 aromatic heterocycles. The van der Waals surface area contributed by atoms with Crippen LogP contribution in [-0.2, 0) is 19.4 Å². The number of nitrogens with two attached hydrogens (primary N) is 1. The van der Waals surface area contributed by atoms with Gasteiger partial charge >= 0.3 is 0 Å². The molecule has 142 valence electrons. The second-order valence-electron chi connectivity index (χ2n) is 6.52. The van der Waals surface area contributed by atoms with Crippen LogP contribution in [0.3, 0.4) is 0 Å². The number of anilines is 1. The summed E-state index contributed by atoms with van der Waals surface area (Å²) >= 11 is 14.3. The van der Waals surface area contributed by atoms with Crippen LogP contribution < -0.4 is 5.73 Å². The van der Waals surface area contributed by atoms with Crippen LogP contribution in [0.4, 0.5) is 5.69 Å². The zero-order chi connectivity index (χ0) is 19.1. The van der Waals surface area contributed by atoms with E-state index < -0.39 is 0 Å². The molecule has 1 heterocycles. The van der Waals surface area contributed by atoms with E-state index in [2.05, 4.69) is 21.7 Å². The van der Waals surface area contributed by atoms with E-state index in [1.54, 1.807) is 0 Å². The maximum atomic E-state index is 6.34. The van der Waals surface area contributed by atoms with Crippen molar-refractivity contribution in [3.63, 3.8) is 0 Å². The van der Waals surface area contributed by atoms with Crippen LogP contribution >= 0.6 is 35.0 Å². The van der Waals surface area contributed by atoms with Crippen molar-refractivity contribution in [1.82, 2.24) is 9.55 Å². The summed E-state index contributed by atoms with van der Waals surface area (Å²) in [6.45, 7) is 0.942. The summed E-state index contributed by atoms with van der Waals surface area (Å²) in [7, 11) is 0. The minimum absolute atomic E-state index is 0.486. The molecule has 0 aliphatic carbocycles. The third-order valence-electron chi connectivity index (χ3n) is 4.45. The number of nitrogens with zero attached hydrogens (tertiary/aromatic N) is 2. The number of hydrogen-bond donors (Lipinski definition) is 1. The number of imidazole rings is 1. The normalized spacial score (nSPS) is 12.2. The van der Waals surface area contributed by atoms with Crippen molar-refractivity contribution in [3.05, 3.63) is 82.4 Å². The van der Waals surface area contributed by atoms with Gasteiger partial charge in [0.2, 0.25) is 0 Å². The lowest BCUT2D eigenvalue weighted by Crippen LogP contribution is -2.14. The smallest absolute Gasteiger partial charge is 0.0946 e. The van der Waals surface area contributed by atoms with Crippen LogP contribution in [-0.4, -0.2) is 20.6 Å². The third kappa shape index (κ3) is 6.49. The highest BCUT2D eigenvalue weighted by Gasteiger charge is 2.12. The van der Waals surface area contributed by atoms with Gasteiger partial charge in [-0.15, -0.1) is 0 Å². The molecule has 0 spiro atoms. The van der Waals surface area contributed by atoms with Gasteiger partial charge in [-0.1, -0.05) is 41.4 Å². The van der Waals surface area contributed by atoms with Crippen LogP contribution in [0.15, 0.2) is 61.2 Å². The number of rotatable bonds is 9. The Morgan fingerprint density at radius 3 is 2.59 bits per heavy atom. The number of aromatic nitrogens is 2. The Bertz CT molecular complexity index is 835. The maximum Gasteiger partial charge on any atom is 0.0946 e. The molecule has 2 N–H and O–H groups in total. The van der Waals surface area contributed by atoms with Crippen molar-refractivity contribution in [2.45, 2.75) is 31.1 Å². The van der Waals surface area contributed by atoms with Gasteiger partial charge in [-0.25, -0.2) is 4.98 Å². The minimum atomic E-state index is 0.486. The number of halogens is 2. The molecule has 2 aromatic carbocycles. The standard InChI is InChI=1S/C21H23Cl2N3S/c22-18-5-3-17(21(23)13-18)4-8-20(14-26-11-10-25-15-26)27-12-9-16-1-6-19(24)7-2-16/h1-3,5-7,10-11,13,15,20H,4,8-9,12,14,24H2. The van der Waals surface area contributed by atoms with Gasteiger partial charge in [-0.2, -0.15) is 11.8 Å². The zero-order valence-corrected chi connectivity index (χ0v) is 17.4. The quantitative estimate of drug-likeness (QED) is 0.449. The lowest BCUT2D eigenvalue weighted by molar-refractivity contribution is 0.624. The largest absolute Gasteiger partial charge is 0.399 e. The van der Waals surface area contributed by atoms with Crippen LogP contribution in [0, 0.1) is 0 Å². The Balaban J connectivity index is 1.57. The number of nitrogen functional groups attached to an aromatic ring is 1. The van der Waals surface area contributed by atoms with Gasteiger partial charge in [0, 0.05) is 39.9 Å². The van der Waals surface area contributed by atoms with Crippen LogP contribution in [0.1, 0.15) is 17.5 Å². The van der Waals surface area contributed by atoms with E-state index in [0.29, 0.717) is 10.3 Å². The van der Waals surface area contributed by atoms with E-state index in [4.69, 9.17) is 28.9 Å². The molecule has 27 heavy (non-hydrogen) atoms. The zero-order valence-electron chi connectivity index (χ0n) is 15.0. The van der Waals surface area contributed by atoms with Crippen molar-refractivity contribution in [1.29, 1.82) is 0 Å². The number of aryl methyl sites for hydroxylation is 2. The topological polar surface area (TPSA) is 43.8 Å². The molecule has 0 fully saturated rings. The monoisotopic (exact) mass is 419 g/mol. The fraction of sp³-hybridized carbons (Fsp3) is 0.286. The van der Waals surface area contributed by atoms with Crippen molar-refractivity contribution in [2.24, 2.45) is 0 Å². The lowest BCUT2D eigenvalue weighted by atomic mass is 10.1. The average molecular weight is 420 g/mol. The fourth-order valence-corrected chi connectivity index (χ4v) is 4.68. The van der Waals surface area contributed by atoms with Crippen molar-refractivity contribution in [3.8, 4) is 0 Å². The predicted molar refractivity (Wildman–Crippen MR) is 118 cm³/mol. The summed E-state index contributed by atoms with van der Waals surface area (Å²) in [5.74, 6) is 1.07. The first kappa shape index (κ1) is 20.1. The number of thioether (sulfide) groups is 1. The van der Waals surface area contributed by atoms with Gasteiger partial charge in [-0.05, 0) is 60.4 Å². The fourth-order valence-electron chi connectivity index (χ4n) is 2.93. The van der Waals surface area contributed by atoms with Gasteiger partial charge < -0.3 is 10.3 Å². The summed E-state index contributed by atoms with van der Waals surface area (Å²) in [6.07, 6.45) is 8.74. The molecule has 0 aliphatic rings. The average Bonchev–Trinajstić information content (AvgIpc) is 3.15. The maximum absolute atomic E-state index is 6.34. The van der Waals surface area contributed by atoms with Crippen molar-refractivity contribution in [2.75, 3.05) is 11.5 Å². The summed E-state index contributed by atoms with van der Waals surface area (Å²) in [5.41, 5.74) is 9.04. The Morgan fingerprint density at radius 1 is 1.07 bits per heavy atom. The van der Waals surface area contributed by atoms with E-state index in [9.17, 15) is 0 Å². The molecule has 0 saturated heterocycles. The highest BCUT2D eigenvalue weighted by Crippen LogP contribution is 2.26. The highest BCUT2D eigenvalue weighted by atomic mass is 35.5. The molecule has 0 saturated carbocycles. The van der Waals surface area contributed by atoms with E-state index in [0.717, 1.165) is 47.8 Å². The molecule has 1 atom stereocenters. The van der Waals surface area contributed by atoms with Gasteiger partial charge in [-0.3, -0.25) is 0 Å². The van der Waals surface area contributed by atoms with Gasteiger partial charge in [0.1, 0.15) is 0 Å². The van der Waals surface area contributed by atoms with E-state index in [1.165, 1.54) is 5.56 Å². The predicted octanol–water partition coefficient (Wildman–Crippen LogP) is 5.75. The molecular formula is C21H23Cl2N3S. The number of hydrogen-bond acceptors (Lipinski definition) is 3. The summed E-state index contributed by atoms with van der Waals surface area (Å²) in [6, 6.07) is 13.9. The lowest BCUT2D eigenvalue weighted by Gasteiger charge is -2.18. The summed E-state index contributed by atoms with van der Waals surface area (Å²) in [5, 5.41) is 1.91. The molecule has 0 bridgehead atoms. The first-order valence-corrected chi connectivity index (χ1v) is 10.8. The minimum Gasteiger partial charge on any atom is -0.399 e. The molecule has 3 rings (SSSR count). The Labute approximate surface area is 174 Å². The van der Waals surface area contributed by atoms with Crippen molar-refractivity contribution < 1.29 is 0 Å².